The summed E-state index contributed by atoms with van der Waals surface area (Å²) in [5, 5.41) is 9.88. The first-order valence-electron chi connectivity index (χ1n) is 2.85. The summed E-state index contributed by atoms with van der Waals surface area (Å²) in [7, 11) is 0. The van der Waals surface area contributed by atoms with Gasteiger partial charge in [-0.15, -0.1) is 0 Å². The molecular weight excluding hydrogens is 138 g/mol. The average molecular weight is 145 g/mol. The molecule has 0 aromatic carbocycles. The molecule has 0 saturated carbocycles. The molecule has 0 radical (unpaired) electrons. The molecule has 1 amide bonds. The number of esters is 1. The molecule has 5 heteroatoms. The van der Waals surface area contributed by atoms with E-state index in [-0.39, 0.29) is 6.42 Å². The lowest BCUT2D eigenvalue weighted by Crippen LogP contribution is -3.21. The van der Waals surface area contributed by atoms with E-state index in [4.69, 9.17) is 0 Å². The highest BCUT2D eigenvalue weighted by atomic mass is 16.6. The molecule has 0 aliphatic carbocycles. The quantitative estimate of drug-likeness (QED) is 0.268. The number of nitrogens with one attached hydrogen (secondary N) is 1. The lowest BCUT2D eigenvalue weighted by molar-refractivity contribution is -0.854. The molecule has 0 bridgehead atoms. The fourth-order valence-electron chi connectivity index (χ4n) is 0.706. The van der Waals surface area contributed by atoms with E-state index in [2.05, 4.69) is 4.74 Å². The van der Waals surface area contributed by atoms with E-state index >= 15 is 0 Å². The standard InChI is InChI=1S/C5H7NO4/c1-3(7)10-5-2-4(8)6(5)9/h5-6H,2H2,1H3. The molecule has 0 aromatic heterocycles. The Morgan fingerprint density at radius 1 is 1.90 bits per heavy atom. The van der Waals surface area contributed by atoms with Crippen molar-refractivity contribution in [3.05, 3.63) is 5.21 Å². The minimum absolute atomic E-state index is 0.0540. The maximum absolute atomic E-state index is 10.5. The van der Waals surface area contributed by atoms with Crippen LogP contribution in [0.3, 0.4) is 0 Å². The van der Waals surface area contributed by atoms with Crippen LogP contribution in [0, 0.1) is 5.21 Å². The van der Waals surface area contributed by atoms with E-state index in [9.17, 15) is 14.8 Å². The van der Waals surface area contributed by atoms with Gasteiger partial charge in [0, 0.05) is 6.92 Å². The Hall–Kier alpha value is -0.940. The van der Waals surface area contributed by atoms with Crippen LogP contribution in [0.5, 0.6) is 0 Å². The molecule has 1 fully saturated rings. The van der Waals surface area contributed by atoms with Crippen LogP contribution in [-0.2, 0) is 14.3 Å². The van der Waals surface area contributed by atoms with E-state index in [1.54, 1.807) is 0 Å². The number of carbonyl (C=O) groups excluding carboxylic acids is 2. The van der Waals surface area contributed by atoms with Gasteiger partial charge in [-0.3, -0.25) is 9.86 Å². The minimum Gasteiger partial charge on any atom is -0.624 e. The Balaban J connectivity index is 2.34. The van der Waals surface area contributed by atoms with Gasteiger partial charge in [-0.25, -0.2) is 4.79 Å². The fraction of sp³-hybridized carbons (Fsp3) is 0.600. The molecule has 1 saturated heterocycles. The third-order valence-electron chi connectivity index (χ3n) is 1.25. The van der Waals surface area contributed by atoms with Crippen molar-refractivity contribution in [1.82, 2.24) is 0 Å². The Kier molecular flexibility index (Phi) is 1.69. The molecule has 1 aliphatic rings. The monoisotopic (exact) mass is 145 g/mol. The van der Waals surface area contributed by atoms with Gasteiger partial charge in [0.2, 0.25) is 0 Å². The van der Waals surface area contributed by atoms with Crippen LogP contribution in [0.25, 0.3) is 0 Å². The van der Waals surface area contributed by atoms with Crippen LogP contribution in [0.15, 0.2) is 0 Å². The maximum atomic E-state index is 10.5. The first-order chi connectivity index (χ1) is 4.61. The number of ether oxygens (including phenoxy) is 1. The highest BCUT2D eigenvalue weighted by Crippen LogP contribution is 1.98. The van der Waals surface area contributed by atoms with Crippen LogP contribution in [-0.4, -0.2) is 18.1 Å². The second-order valence-corrected chi connectivity index (χ2v) is 2.09. The lowest BCUT2D eigenvalue weighted by atomic mass is 10.2. The topological polar surface area (TPSA) is 70.9 Å². The zero-order chi connectivity index (χ0) is 7.72. The number of rotatable bonds is 1. The molecule has 1 N–H and O–H groups in total. The van der Waals surface area contributed by atoms with Gasteiger partial charge < -0.3 is 9.94 Å². The summed E-state index contributed by atoms with van der Waals surface area (Å²) in [6.07, 6.45) is -0.733. The van der Waals surface area contributed by atoms with Crippen molar-refractivity contribution < 1.29 is 19.4 Å². The number of hydrogen-bond acceptors (Lipinski definition) is 4. The van der Waals surface area contributed by atoms with Gasteiger partial charge in [0.15, 0.2) is 6.42 Å². The van der Waals surface area contributed by atoms with Gasteiger partial charge in [0.25, 0.3) is 6.23 Å². The number of β-lactam (4-membered cyclic amide) rings is 1. The lowest BCUT2D eigenvalue weighted by Gasteiger charge is -2.35. The average Bonchev–Trinajstić information content (AvgIpc) is 1.86. The second kappa shape index (κ2) is 2.36. The predicted octanol–water partition coefficient (Wildman–Crippen LogP) is -1.81. The summed E-state index contributed by atoms with van der Waals surface area (Å²) in [4.78, 5) is 20.5. The van der Waals surface area contributed by atoms with Gasteiger partial charge in [-0.2, -0.15) is 0 Å². The number of amides is 1. The Bertz CT molecular complexity index is 178. The highest BCUT2D eigenvalue weighted by Gasteiger charge is 2.39. The SMILES string of the molecule is CC(=O)OC1CC(=O)[NH+]1[O-]. The Labute approximate surface area is 57.1 Å². The van der Waals surface area contributed by atoms with Crippen molar-refractivity contribution in [2.45, 2.75) is 19.6 Å². The van der Waals surface area contributed by atoms with E-state index in [0.29, 0.717) is 0 Å². The first-order valence-corrected chi connectivity index (χ1v) is 2.85. The number of carbonyl (C=O) groups is 2. The zero-order valence-electron chi connectivity index (χ0n) is 5.42. The van der Waals surface area contributed by atoms with Gasteiger partial charge in [-0.1, -0.05) is 0 Å². The number of hydroxylamine groups is 2. The smallest absolute Gasteiger partial charge is 0.325 e. The van der Waals surface area contributed by atoms with Gasteiger partial charge in [-0.05, 0) is 0 Å². The zero-order valence-corrected chi connectivity index (χ0v) is 5.42. The molecular formula is C5H7NO4. The summed E-state index contributed by atoms with van der Waals surface area (Å²) in [5.74, 6) is -0.975. The van der Waals surface area contributed by atoms with E-state index in [1.807, 2.05) is 0 Å². The summed E-state index contributed by atoms with van der Waals surface area (Å²) in [6.45, 7) is 1.20. The van der Waals surface area contributed by atoms with Gasteiger partial charge >= 0.3 is 11.9 Å². The fourth-order valence-corrected chi connectivity index (χ4v) is 0.706. The minimum atomic E-state index is -0.787. The van der Waals surface area contributed by atoms with Crippen LogP contribution in [0.4, 0.5) is 0 Å². The predicted molar refractivity (Wildman–Crippen MR) is 29.5 cm³/mol. The number of hydrogen-bond donors (Lipinski definition) is 1. The molecule has 0 spiro atoms. The molecule has 0 aromatic rings. The van der Waals surface area contributed by atoms with Crippen LogP contribution < -0.4 is 5.06 Å². The van der Waals surface area contributed by atoms with Gasteiger partial charge in [0.05, 0.1) is 0 Å². The maximum Gasteiger partial charge on any atom is 0.325 e. The van der Waals surface area contributed by atoms with Crippen molar-refractivity contribution in [1.29, 1.82) is 0 Å². The summed E-state index contributed by atoms with van der Waals surface area (Å²) in [5.41, 5.74) is 0. The van der Waals surface area contributed by atoms with Crippen LogP contribution >= 0.6 is 0 Å². The molecule has 1 rings (SSSR count). The molecule has 2 atom stereocenters. The Morgan fingerprint density at radius 2 is 2.50 bits per heavy atom. The molecule has 56 valence electrons. The van der Waals surface area contributed by atoms with Crippen molar-refractivity contribution in [3.63, 3.8) is 0 Å². The second-order valence-electron chi connectivity index (χ2n) is 2.09. The van der Waals surface area contributed by atoms with E-state index in [1.165, 1.54) is 6.92 Å². The van der Waals surface area contributed by atoms with Crippen molar-refractivity contribution in [3.8, 4) is 0 Å². The van der Waals surface area contributed by atoms with E-state index in [0.717, 1.165) is 0 Å². The Morgan fingerprint density at radius 3 is 2.80 bits per heavy atom. The number of quaternary nitrogens is 1. The molecule has 1 aliphatic heterocycles. The first kappa shape index (κ1) is 7.17. The summed E-state index contributed by atoms with van der Waals surface area (Å²) in [6, 6.07) is 0. The van der Waals surface area contributed by atoms with Crippen molar-refractivity contribution >= 4 is 11.9 Å². The van der Waals surface area contributed by atoms with Crippen LogP contribution in [0.1, 0.15) is 13.3 Å². The van der Waals surface area contributed by atoms with Gasteiger partial charge in [0.1, 0.15) is 0 Å². The molecule has 5 nitrogen and oxygen atoms in total. The highest BCUT2D eigenvalue weighted by molar-refractivity contribution is 5.73. The molecule has 10 heavy (non-hydrogen) atoms. The summed E-state index contributed by atoms with van der Waals surface area (Å²) < 4.78 is 4.46. The largest absolute Gasteiger partial charge is 0.624 e. The molecule has 2 unspecified atom stereocenters. The van der Waals surface area contributed by atoms with Crippen LogP contribution in [0.2, 0.25) is 0 Å². The van der Waals surface area contributed by atoms with Crippen molar-refractivity contribution in [2.75, 3.05) is 0 Å². The van der Waals surface area contributed by atoms with E-state index < -0.39 is 23.2 Å². The summed E-state index contributed by atoms with van der Waals surface area (Å²) >= 11 is 0. The third kappa shape index (κ3) is 1.14. The normalized spacial score (nSPS) is 31.2. The molecule has 1 heterocycles. The van der Waals surface area contributed by atoms with Crippen molar-refractivity contribution in [2.24, 2.45) is 0 Å². The third-order valence-corrected chi connectivity index (χ3v) is 1.25.